The van der Waals surface area contributed by atoms with E-state index in [1.54, 1.807) is 43.3 Å². The molecule has 0 aliphatic carbocycles. The van der Waals surface area contributed by atoms with Crippen molar-refractivity contribution in [3.05, 3.63) is 55.3 Å². The van der Waals surface area contributed by atoms with Gasteiger partial charge < -0.3 is 19.5 Å². The SMILES string of the molecule is CCOC(=O)COc1c(Br)cc(/C=C2/SC(=Nc3cccc(Cl)c3Cl)NC2=O)cc1OC. The first-order valence-corrected chi connectivity index (χ1v) is 11.6. The number of rotatable bonds is 7. The second kappa shape index (κ2) is 11.1. The maximum atomic E-state index is 12.4. The minimum atomic E-state index is -0.488. The molecule has 32 heavy (non-hydrogen) atoms. The third kappa shape index (κ3) is 5.98. The van der Waals surface area contributed by atoms with E-state index < -0.39 is 5.97 Å². The molecule has 2 aromatic rings. The average Bonchev–Trinajstić information content (AvgIpc) is 3.09. The Kier molecular flexibility index (Phi) is 8.47. The van der Waals surface area contributed by atoms with Crippen LogP contribution in [0.2, 0.25) is 10.0 Å². The number of carbonyl (C=O) groups excluding carboxylic acids is 2. The highest BCUT2D eigenvalue weighted by Gasteiger charge is 2.25. The summed E-state index contributed by atoms with van der Waals surface area (Å²) in [7, 11) is 1.48. The minimum absolute atomic E-state index is 0.257. The zero-order valence-electron chi connectivity index (χ0n) is 16.9. The molecule has 0 unspecified atom stereocenters. The first kappa shape index (κ1) is 24.4. The summed E-state index contributed by atoms with van der Waals surface area (Å²) in [5.41, 5.74) is 1.13. The van der Waals surface area contributed by atoms with E-state index in [9.17, 15) is 9.59 Å². The van der Waals surface area contributed by atoms with E-state index >= 15 is 0 Å². The lowest BCUT2D eigenvalue weighted by Gasteiger charge is -2.13. The summed E-state index contributed by atoms with van der Waals surface area (Å²) >= 11 is 16.8. The molecular weight excluding hydrogens is 543 g/mol. The van der Waals surface area contributed by atoms with Crippen LogP contribution in [-0.4, -0.2) is 37.4 Å². The number of nitrogens with zero attached hydrogens (tertiary/aromatic N) is 1. The number of carbonyl (C=O) groups is 2. The van der Waals surface area contributed by atoms with Crippen LogP contribution < -0.4 is 14.8 Å². The third-order valence-corrected chi connectivity index (χ3v) is 6.30. The fourth-order valence-corrected chi connectivity index (χ4v) is 4.36. The Morgan fingerprint density at radius 2 is 2.09 bits per heavy atom. The highest BCUT2D eigenvalue weighted by Crippen LogP contribution is 2.39. The molecule has 0 aromatic heterocycles. The molecular formula is C21H17BrCl2N2O5S. The van der Waals surface area contributed by atoms with Gasteiger partial charge in [0.15, 0.2) is 23.3 Å². The molecule has 0 saturated carbocycles. The first-order valence-electron chi connectivity index (χ1n) is 9.22. The summed E-state index contributed by atoms with van der Waals surface area (Å²) in [6, 6.07) is 8.51. The predicted molar refractivity (Wildman–Crippen MR) is 130 cm³/mol. The Labute approximate surface area is 207 Å². The number of thioether (sulfide) groups is 1. The van der Waals surface area contributed by atoms with E-state index in [2.05, 4.69) is 26.2 Å². The van der Waals surface area contributed by atoms with Gasteiger partial charge in [-0.3, -0.25) is 4.79 Å². The standard InChI is InChI=1S/C21H17BrCl2N2O5S/c1-3-30-17(27)10-31-19-12(22)7-11(8-15(19)29-2)9-16-20(28)26-21(32-16)25-14-6-4-5-13(23)18(14)24/h4-9H,3,10H2,1-2H3,(H,25,26,28)/b16-9+. The van der Waals surface area contributed by atoms with Gasteiger partial charge in [-0.05, 0) is 70.5 Å². The largest absolute Gasteiger partial charge is 0.493 e. The molecule has 1 saturated heterocycles. The van der Waals surface area contributed by atoms with E-state index in [4.69, 9.17) is 37.4 Å². The molecule has 168 valence electrons. The number of aliphatic imine (C=N–C) groups is 1. The van der Waals surface area contributed by atoms with E-state index in [1.165, 1.54) is 18.9 Å². The number of ether oxygens (including phenoxy) is 3. The van der Waals surface area contributed by atoms with Gasteiger partial charge in [-0.1, -0.05) is 29.3 Å². The van der Waals surface area contributed by atoms with Crippen LogP contribution >= 0.6 is 50.9 Å². The van der Waals surface area contributed by atoms with Gasteiger partial charge in [0.1, 0.15) is 0 Å². The van der Waals surface area contributed by atoms with Crippen molar-refractivity contribution in [1.29, 1.82) is 0 Å². The Hall–Kier alpha value is -2.20. The van der Waals surface area contributed by atoms with E-state index in [0.29, 0.717) is 47.3 Å². The van der Waals surface area contributed by atoms with Crippen molar-refractivity contribution < 1.29 is 23.8 Å². The number of amidine groups is 1. The Morgan fingerprint density at radius 3 is 2.81 bits per heavy atom. The number of methoxy groups -OCH3 is 1. The smallest absolute Gasteiger partial charge is 0.344 e. The molecule has 1 N–H and O–H groups in total. The molecule has 1 amide bonds. The normalized spacial score (nSPS) is 15.7. The Bertz CT molecular complexity index is 1120. The third-order valence-electron chi connectivity index (χ3n) is 3.99. The summed E-state index contributed by atoms with van der Waals surface area (Å²) in [5, 5.41) is 3.77. The summed E-state index contributed by atoms with van der Waals surface area (Å²) in [6.45, 7) is 1.72. The number of esters is 1. The lowest BCUT2D eigenvalue weighted by atomic mass is 10.2. The maximum Gasteiger partial charge on any atom is 0.344 e. The second-order valence-corrected chi connectivity index (χ2v) is 8.85. The van der Waals surface area contributed by atoms with Crippen molar-refractivity contribution in [2.45, 2.75) is 6.92 Å². The van der Waals surface area contributed by atoms with Crippen molar-refractivity contribution >= 4 is 79.7 Å². The van der Waals surface area contributed by atoms with E-state index in [0.717, 1.165) is 0 Å². The lowest BCUT2D eigenvalue weighted by Crippen LogP contribution is -2.19. The number of nitrogens with one attached hydrogen (secondary N) is 1. The number of hydrogen-bond donors (Lipinski definition) is 1. The van der Waals surface area contributed by atoms with Gasteiger partial charge >= 0.3 is 5.97 Å². The summed E-state index contributed by atoms with van der Waals surface area (Å²) in [4.78, 5) is 28.8. The summed E-state index contributed by atoms with van der Waals surface area (Å²) < 4.78 is 16.3. The monoisotopic (exact) mass is 558 g/mol. The number of amides is 1. The van der Waals surface area contributed by atoms with Crippen LogP contribution in [0.3, 0.4) is 0 Å². The zero-order valence-corrected chi connectivity index (χ0v) is 20.8. The number of benzene rings is 2. The zero-order chi connectivity index (χ0) is 23.3. The van der Waals surface area contributed by atoms with Crippen molar-refractivity contribution in [2.75, 3.05) is 20.3 Å². The molecule has 3 rings (SSSR count). The molecule has 0 radical (unpaired) electrons. The van der Waals surface area contributed by atoms with Gasteiger partial charge in [-0.2, -0.15) is 0 Å². The van der Waals surface area contributed by atoms with Crippen LogP contribution in [-0.2, 0) is 14.3 Å². The molecule has 1 aliphatic heterocycles. The quantitative estimate of drug-likeness (QED) is 0.351. The average molecular weight is 560 g/mol. The molecule has 1 heterocycles. The van der Waals surface area contributed by atoms with Gasteiger partial charge in [-0.15, -0.1) is 0 Å². The van der Waals surface area contributed by atoms with Crippen LogP contribution in [0.15, 0.2) is 44.7 Å². The van der Waals surface area contributed by atoms with E-state index in [1.807, 2.05) is 0 Å². The van der Waals surface area contributed by atoms with Crippen LogP contribution in [0, 0.1) is 0 Å². The highest BCUT2D eigenvalue weighted by atomic mass is 79.9. The molecule has 0 spiro atoms. The van der Waals surface area contributed by atoms with Crippen molar-refractivity contribution in [3.8, 4) is 11.5 Å². The maximum absolute atomic E-state index is 12.4. The van der Waals surface area contributed by atoms with Crippen molar-refractivity contribution in [3.63, 3.8) is 0 Å². The first-order chi connectivity index (χ1) is 15.3. The van der Waals surface area contributed by atoms with Gasteiger partial charge in [0.25, 0.3) is 5.91 Å². The molecule has 7 nitrogen and oxygen atoms in total. The highest BCUT2D eigenvalue weighted by molar-refractivity contribution is 9.10. The molecule has 11 heteroatoms. The number of hydrogen-bond acceptors (Lipinski definition) is 7. The van der Waals surface area contributed by atoms with Gasteiger partial charge in [0.05, 0.1) is 38.8 Å². The molecule has 1 fully saturated rings. The Morgan fingerprint density at radius 1 is 1.31 bits per heavy atom. The van der Waals surface area contributed by atoms with Crippen molar-refractivity contribution in [1.82, 2.24) is 5.32 Å². The molecule has 0 atom stereocenters. The summed E-state index contributed by atoms with van der Waals surface area (Å²) in [5.74, 6) is -0.0504. The fraction of sp³-hybridized carbons (Fsp3) is 0.190. The van der Waals surface area contributed by atoms with Crippen LogP contribution in [0.1, 0.15) is 12.5 Å². The molecule has 0 bridgehead atoms. The minimum Gasteiger partial charge on any atom is -0.493 e. The topological polar surface area (TPSA) is 86.2 Å². The summed E-state index contributed by atoms with van der Waals surface area (Å²) in [6.07, 6.45) is 1.69. The van der Waals surface area contributed by atoms with Gasteiger partial charge in [0, 0.05) is 0 Å². The van der Waals surface area contributed by atoms with Crippen molar-refractivity contribution in [2.24, 2.45) is 4.99 Å². The van der Waals surface area contributed by atoms with Gasteiger partial charge in [-0.25, -0.2) is 9.79 Å². The van der Waals surface area contributed by atoms with Crippen LogP contribution in [0.4, 0.5) is 5.69 Å². The van der Waals surface area contributed by atoms with E-state index in [-0.39, 0.29) is 19.1 Å². The predicted octanol–water partition coefficient (Wildman–Crippen LogP) is 5.60. The fourth-order valence-electron chi connectivity index (χ4n) is 2.62. The molecule has 2 aromatic carbocycles. The Balaban J connectivity index is 1.82. The number of halogens is 3. The van der Waals surface area contributed by atoms with Crippen LogP contribution in [0.25, 0.3) is 6.08 Å². The van der Waals surface area contributed by atoms with Gasteiger partial charge in [0.2, 0.25) is 0 Å². The second-order valence-electron chi connectivity index (χ2n) is 6.18. The lowest BCUT2D eigenvalue weighted by molar-refractivity contribution is -0.145. The molecule has 1 aliphatic rings. The van der Waals surface area contributed by atoms with Crippen LogP contribution in [0.5, 0.6) is 11.5 Å².